The van der Waals surface area contributed by atoms with Gasteiger partial charge in [-0.15, -0.1) is 0 Å². The van der Waals surface area contributed by atoms with E-state index in [0.717, 1.165) is 5.69 Å². The number of nitrogens with one attached hydrogen (secondary N) is 2. The van der Waals surface area contributed by atoms with Crippen LogP contribution in [-0.2, 0) is 0 Å². The van der Waals surface area contributed by atoms with Crippen LogP contribution in [0.1, 0.15) is 18.6 Å². The van der Waals surface area contributed by atoms with Gasteiger partial charge in [0.25, 0.3) is 0 Å². The van der Waals surface area contributed by atoms with Gasteiger partial charge in [0.05, 0.1) is 41.1 Å². The van der Waals surface area contributed by atoms with Crippen LogP contribution in [0.5, 0.6) is 23.0 Å². The second-order valence-corrected chi connectivity index (χ2v) is 6.08. The van der Waals surface area contributed by atoms with Gasteiger partial charge in [-0.1, -0.05) is 0 Å². The number of rotatable bonds is 9. The van der Waals surface area contributed by atoms with E-state index in [1.807, 2.05) is 25.1 Å². The summed E-state index contributed by atoms with van der Waals surface area (Å²) in [6, 6.07) is 10.8. The highest BCUT2D eigenvalue weighted by molar-refractivity contribution is 5.93. The largest absolute Gasteiger partial charge is 0.497 e. The minimum atomic E-state index is -0.820. The molecule has 2 aromatic carbocycles. The topological polar surface area (TPSA) is 93.6 Å². The lowest BCUT2D eigenvalue weighted by Crippen LogP contribution is -2.31. The Balaban J connectivity index is 2.16. The predicted molar refractivity (Wildman–Crippen MR) is 114 cm³/mol. The molecule has 0 amide bonds. The fraction of sp³-hybridized carbons (Fsp3) is 0.381. The van der Waals surface area contributed by atoms with Gasteiger partial charge >= 0.3 is 0 Å². The van der Waals surface area contributed by atoms with Crippen LogP contribution in [0.2, 0.25) is 0 Å². The van der Waals surface area contributed by atoms with Crippen LogP contribution in [0, 0.1) is 0 Å². The third-order valence-corrected chi connectivity index (χ3v) is 4.17. The molecule has 2 rings (SSSR count). The van der Waals surface area contributed by atoms with Crippen molar-refractivity contribution in [3.63, 3.8) is 0 Å². The summed E-state index contributed by atoms with van der Waals surface area (Å²) < 4.78 is 21.1. The zero-order valence-electron chi connectivity index (χ0n) is 17.5. The van der Waals surface area contributed by atoms with Gasteiger partial charge in [-0.2, -0.15) is 0 Å². The first-order valence-electron chi connectivity index (χ1n) is 9.23. The SMILES string of the molecule is CCNC(=NCC(O)c1cc(OC)cc(OC)c1)Nc1ccc(OC)c(OC)c1. The van der Waals surface area contributed by atoms with Crippen molar-refractivity contribution in [3.8, 4) is 23.0 Å². The Labute approximate surface area is 171 Å². The third kappa shape index (κ3) is 6.18. The molecule has 0 saturated carbocycles. The number of hydrogen-bond donors (Lipinski definition) is 3. The Morgan fingerprint density at radius 1 is 0.931 bits per heavy atom. The number of benzene rings is 2. The number of aliphatic imine (C=N–C) groups is 1. The molecule has 0 aliphatic rings. The van der Waals surface area contributed by atoms with Crippen LogP contribution in [0.4, 0.5) is 5.69 Å². The van der Waals surface area contributed by atoms with Crippen molar-refractivity contribution in [2.45, 2.75) is 13.0 Å². The highest BCUT2D eigenvalue weighted by atomic mass is 16.5. The Kier molecular flexibility index (Phi) is 8.42. The molecule has 3 N–H and O–H groups in total. The molecule has 1 unspecified atom stereocenters. The number of guanidine groups is 1. The van der Waals surface area contributed by atoms with E-state index in [9.17, 15) is 5.11 Å². The summed E-state index contributed by atoms with van der Waals surface area (Å²) in [6.07, 6.45) is -0.820. The standard InChI is InChI=1S/C21H29N3O5/c1-6-22-21(24-15-7-8-19(28-4)20(11-15)29-5)23-13-18(25)14-9-16(26-2)12-17(10-14)27-3/h7-12,18,25H,6,13H2,1-5H3,(H2,22,23,24). The van der Waals surface area contributed by atoms with Crippen molar-refractivity contribution < 1.29 is 24.1 Å². The molecule has 0 bridgehead atoms. The third-order valence-electron chi connectivity index (χ3n) is 4.17. The first kappa shape index (κ1) is 22.2. The Bertz CT molecular complexity index is 804. The minimum Gasteiger partial charge on any atom is -0.497 e. The van der Waals surface area contributed by atoms with Crippen molar-refractivity contribution in [1.82, 2.24) is 5.32 Å². The maximum atomic E-state index is 10.6. The summed E-state index contributed by atoms with van der Waals surface area (Å²) in [4.78, 5) is 4.48. The second kappa shape index (κ2) is 11.0. The normalized spacial score (nSPS) is 12.1. The average Bonchev–Trinajstić information content (AvgIpc) is 2.76. The lowest BCUT2D eigenvalue weighted by molar-refractivity contribution is 0.186. The minimum absolute atomic E-state index is 0.152. The van der Waals surface area contributed by atoms with Gasteiger partial charge in [-0.3, -0.25) is 0 Å². The van der Waals surface area contributed by atoms with Crippen molar-refractivity contribution in [2.24, 2.45) is 4.99 Å². The Hall–Kier alpha value is -3.13. The van der Waals surface area contributed by atoms with Gasteiger partial charge in [0.1, 0.15) is 11.5 Å². The summed E-state index contributed by atoms with van der Waals surface area (Å²) in [5, 5.41) is 16.9. The zero-order chi connectivity index (χ0) is 21.2. The first-order chi connectivity index (χ1) is 14.0. The molecule has 0 aliphatic carbocycles. The van der Waals surface area contributed by atoms with Crippen LogP contribution in [0.15, 0.2) is 41.4 Å². The molecule has 0 spiro atoms. The van der Waals surface area contributed by atoms with E-state index in [4.69, 9.17) is 18.9 Å². The molecule has 158 valence electrons. The van der Waals surface area contributed by atoms with Gasteiger partial charge in [-0.05, 0) is 36.8 Å². The molecule has 0 saturated heterocycles. The van der Waals surface area contributed by atoms with Crippen molar-refractivity contribution in [2.75, 3.05) is 46.8 Å². The monoisotopic (exact) mass is 403 g/mol. The number of ether oxygens (including phenoxy) is 4. The molecule has 8 nitrogen and oxygen atoms in total. The molecule has 2 aromatic rings. The number of aliphatic hydroxyl groups is 1. The van der Waals surface area contributed by atoms with E-state index in [-0.39, 0.29) is 6.54 Å². The summed E-state index contributed by atoms with van der Waals surface area (Å²) in [7, 11) is 6.31. The molecule has 0 radical (unpaired) electrons. The predicted octanol–water partition coefficient (Wildman–Crippen LogP) is 2.83. The molecule has 0 heterocycles. The van der Waals surface area contributed by atoms with Crippen LogP contribution < -0.4 is 29.6 Å². The van der Waals surface area contributed by atoms with E-state index in [0.29, 0.717) is 41.1 Å². The molecular formula is C21H29N3O5. The maximum absolute atomic E-state index is 10.6. The number of methoxy groups -OCH3 is 4. The van der Waals surface area contributed by atoms with Gasteiger partial charge in [0, 0.05) is 24.4 Å². The first-order valence-corrected chi connectivity index (χ1v) is 9.23. The van der Waals surface area contributed by atoms with Crippen LogP contribution in [0.3, 0.4) is 0 Å². The van der Waals surface area contributed by atoms with Crippen LogP contribution in [0.25, 0.3) is 0 Å². The van der Waals surface area contributed by atoms with Crippen LogP contribution in [-0.4, -0.2) is 52.6 Å². The molecule has 0 aliphatic heterocycles. The van der Waals surface area contributed by atoms with Crippen LogP contribution >= 0.6 is 0 Å². The fourth-order valence-electron chi connectivity index (χ4n) is 2.66. The summed E-state index contributed by atoms with van der Waals surface area (Å²) in [5.41, 5.74) is 1.44. The van der Waals surface area contributed by atoms with E-state index in [2.05, 4.69) is 15.6 Å². The number of aliphatic hydroxyl groups excluding tert-OH is 1. The fourth-order valence-corrected chi connectivity index (χ4v) is 2.66. The average molecular weight is 403 g/mol. The van der Waals surface area contributed by atoms with Crippen molar-refractivity contribution in [3.05, 3.63) is 42.0 Å². The van der Waals surface area contributed by atoms with E-state index in [1.165, 1.54) is 0 Å². The number of hydrogen-bond acceptors (Lipinski definition) is 6. The highest BCUT2D eigenvalue weighted by Gasteiger charge is 2.12. The van der Waals surface area contributed by atoms with Crippen molar-refractivity contribution in [1.29, 1.82) is 0 Å². The van der Waals surface area contributed by atoms with Gasteiger partial charge in [0.15, 0.2) is 17.5 Å². The smallest absolute Gasteiger partial charge is 0.195 e. The van der Waals surface area contributed by atoms with E-state index in [1.54, 1.807) is 46.6 Å². The van der Waals surface area contributed by atoms with Gasteiger partial charge in [0.2, 0.25) is 0 Å². The molecule has 29 heavy (non-hydrogen) atoms. The second-order valence-electron chi connectivity index (χ2n) is 6.08. The summed E-state index contributed by atoms with van der Waals surface area (Å²) >= 11 is 0. The molecule has 0 aromatic heterocycles. The zero-order valence-corrected chi connectivity index (χ0v) is 17.5. The highest BCUT2D eigenvalue weighted by Crippen LogP contribution is 2.30. The van der Waals surface area contributed by atoms with Gasteiger partial charge in [-0.25, -0.2) is 4.99 Å². The molecule has 1 atom stereocenters. The van der Waals surface area contributed by atoms with Crippen molar-refractivity contribution >= 4 is 11.6 Å². The lowest BCUT2D eigenvalue weighted by atomic mass is 10.1. The maximum Gasteiger partial charge on any atom is 0.195 e. The van der Waals surface area contributed by atoms with E-state index < -0.39 is 6.10 Å². The molecule has 0 fully saturated rings. The molecule has 8 heteroatoms. The Morgan fingerprint density at radius 3 is 2.14 bits per heavy atom. The van der Waals surface area contributed by atoms with E-state index >= 15 is 0 Å². The molecular weight excluding hydrogens is 374 g/mol. The summed E-state index contributed by atoms with van der Waals surface area (Å²) in [5.74, 6) is 3.00. The number of anilines is 1. The lowest BCUT2D eigenvalue weighted by Gasteiger charge is -2.15. The quantitative estimate of drug-likeness (QED) is 0.438. The Morgan fingerprint density at radius 2 is 1.59 bits per heavy atom. The van der Waals surface area contributed by atoms with Gasteiger partial charge < -0.3 is 34.7 Å². The summed E-state index contributed by atoms with van der Waals surface area (Å²) in [6.45, 7) is 2.79. The number of nitrogens with zero attached hydrogens (tertiary/aromatic N) is 1.